The maximum absolute atomic E-state index is 5.77. The number of hydrogen-bond donors (Lipinski definition) is 0. The van der Waals surface area contributed by atoms with Crippen molar-refractivity contribution < 1.29 is 9.47 Å². The summed E-state index contributed by atoms with van der Waals surface area (Å²) < 4.78 is 11.1. The lowest BCUT2D eigenvalue weighted by molar-refractivity contribution is -0.120. The number of hydrogen-bond acceptors (Lipinski definition) is 2. The fourth-order valence-electron chi connectivity index (χ4n) is 1.38. The molecule has 0 N–H and O–H groups in total. The standard InChI is InChI=1S/C14H20O2/c1-6-11-7-9-12(10-8-11)16-13(15-5)14(2,3)4/h6-10,13H,1H2,2-5H3. The van der Waals surface area contributed by atoms with Crippen LogP contribution >= 0.6 is 0 Å². The monoisotopic (exact) mass is 220 g/mol. The first-order chi connectivity index (χ1) is 7.47. The Labute approximate surface area is 97.9 Å². The van der Waals surface area contributed by atoms with E-state index in [2.05, 4.69) is 27.4 Å². The molecule has 1 atom stereocenters. The molecule has 2 heteroatoms. The molecule has 0 aromatic heterocycles. The molecule has 1 unspecified atom stereocenters. The smallest absolute Gasteiger partial charge is 0.204 e. The van der Waals surface area contributed by atoms with Crippen LogP contribution in [0.3, 0.4) is 0 Å². The van der Waals surface area contributed by atoms with Crippen LogP contribution in [0.2, 0.25) is 0 Å². The minimum atomic E-state index is -0.248. The lowest BCUT2D eigenvalue weighted by Gasteiger charge is -2.29. The predicted octanol–water partition coefficient (Wildman–Crippen LogP) is 3.73. The van der Waals surface area contributed by atoms with E-state index in [1.54, 1.807) is 13.2 Å². The summed E-state index contributed by atoms with van der Waals surface area (Å²) in [5.74, 6) is 0.812. The summed E-state index contributed by atoms with van der Waals surface area (Å²) in [6, 6.07) is 7.79. The number of rotatable bonds is 4. The summed E-state index contributed by atoms with van der Waals surface area (Å²) in [4.78, 5) is 0. The van der Waals surface area contributed by atoms with E-state index in [-0.39, 0.29) is 11.7 Å². The molecule has 0 fully saturated rings. The van der Waals surface area contributed by atoms with Gasteiger partial charge in [-0.15, -0.1) is 0 Å². The Morgan fingerprint density at radius 1 is 1.19 bits per heavy atom. The fourth-order valence-corrected chi connectivity index (χ4v) is 1.38. The molecule has 0 aliphatic carbocycles. The van der Waals surface area contributed by atoms with Crippen molar-refractivity contribution in [3.8, 4) is 5.75 Å². The molecule has 0 aliphatic heterocycles. The SMILES string of the molecule is C=Cc1ccc(OC(OC)C(C)(C)C)cc1. The van der Waals surface area contributed by atoms with E-state index in [9.17, 15) is 0 Å². The van der Waals surface area contributed by atoms with E-state index in [1.165, 1.54) is 0 Å². The highest BCUT2D eigenvalue weighted by Gasteiger charge is 2.26. The summed E-state index contributed by atoms with van der Waals surface area (Å²) in [6.07, 6.45) is 1.56. The van der Waals surface area contributed by atoms with Gasteiger partial charge in [0.15, 0.2) is 0 Å². The molecule has 1 aromatic rings. The van der Waals surface area contributed by atoms with Gasteiger partial charge in [0.05, 0.1) is 0 Å². The van der Waals surface area contributed by atoms with Crippen molar-refractivity contribution in [2.24, 2.45) is 5.41 Å². The molecule has 0 radical (unpaired) electrons. The first kappa shape index (κ1) is 12.8. The highest BCUT2D eigenvalue weighted by molar-refractivity contribution is 5.48. The van der Waals surface area contributed by atoms with Crippen LogP contribution in [0.1, 0.15) is 26.3 Å². The minimum Gasteiger partial charge on any atom is -0.464 e. The molecule has 88 valence electrons. The van der Waals surface area contributed by atoms with Crippen molar-refractivity contribution in [1.29, 1.82) is 0 Å². The van der Waals surface area contributed by atoms with Gasteiger partial charge in [0.1, 0.15) is 5.75 Å². The third kappa shape index (κ3) is 3.38. The second kappa shape index (κ2) is 5.17. The van der Waals surface area contributed by atoms with Crippen molar-refractivity contribution >= 4 is 6.08 Å². The van der Waals surface area contributed by atoms with Crippen LogP contribution in [0, 0.1) is 5.41 Å². The van der Waals surface area contributed by atoms with E-state index in [4.69, 9.17) is 9.47 Å². The molecule has 16 heavy (non-hydrogen) atoms. The Bertz CT molecular complexity index is 333. The van der Waals surface area contributed by atoms with Gasteiger partial charge in [-0.05, 0) is 17.7 Å². The summed E-state index contributed by atoms with van der Waals surface area (Å²) in [5.41, 5.74) is 1.03. The van der Waals surface area contributed by atoms with Crippen LogP contribution < -0.4 is 4.74 Å². The Hall–Kier alpha value is -1.28. The molecule has 0 heterocycles. The van der Waals surface area contributed by atoms with E-state index >= 15 is 0 Å². The second-order valence-electron chi connectivity index (χ2n) is 4.82. The quantitative estimate of drug-likeness (QED) is 0.720. The van der Waals surface area contributed by atoms with E-state index in [1.807, 2.05) is 24.3 Å². The fraction of sp³-hybridized carbons (Fsp3) is 0.429. The Kier molecular flexibility index (Phi) is 4.13. The van der Waals surface area contributed by atoms with Gasteiger partial charge in [-0.1, -0.05) is 45.6 Å². The zero-order chi connectivity index (χ0) is 12.2. The number of methoxy groups -OCH3 is 1. The van der Waals surface area contributed by atoms with Crippen LogP contribution in [0.5, 0.6) is 5.75 Å². The Balaban J connectivity index is 2.74. The van der Waals surface area contributed by atoms with Gasteiger partial charge in [0.25, 0.3) is 0 Å². The second-order valence-corrected chi connectivity index (χ2v) is 4.82. The average Bonchev–Trinajstić information content (AvgIpc) is 2.25. The van der Waals surface area contributed by atoms with Gasteiger partial charge >= 0.3 is 0 Å². The highest BCUT2D eigenvalue weighted by Crippen LogP contribution is 2.25. The molecule has 0 aliphatic rings. The molecule has 0 amide bonds. The summed E-state index contributed by atoms with van der Waals surface area (Å²) in [7, 11) is 1.66. The van der Waals surface area contributed by atoms with Crippen molar-refractivity contribution in [1.82, 2.24) is 0 Å². The lowest BCUT2D eigenvalue weighted by atomic mass is 9.96. The Morgan fingerprint density at radius 2 is 1.75 bits per heavy atom. The van der Waals surface area contributed by atoms with Crippen molar-refractivity contribution in [3.63, 3.8) is 0 Å². The van der Waals surface area contributed by atoms with Crippen LogP contribution in [-0.2, 0) is 4.74 Å². The topological polar surface area (TPSA) is 18.5 Å². The van der Waals surface area contributed by atoms with Crippen molar-refractivity contribution in [2.45, 2.75) is 27.1 Å². The lowest BCUT2D eigenvalue weighted by Crippen LogP contribution is -2.33. The summed E-state index contributed by atoms with van der Waals surface area (Å²) in [6.45, 7) is 9.96. The van der Waals surface area contributed by atoms with Crippen LogP contribution in [-0.4, -0.2) is 13.4 Å². The normalized spacial score (nSPS) is 13.2. The van der Waals surface area contributed by atoms with Crippen LogP contribution in [0.25, 0.3) is 6.08 Å². The molecular formula is C14H20O2. The molecule has 1 aromatic carbocycles. The van der Waals surface area contributed by atoms with Crippen LogP contribution in [0.4, 0.5) is 0 Å². The van der Waals surface area contributed by atoms with E-state index < -0.39 is 0 Å². The zero-order valence-corrected chi connectivity index (χ0v) is 10.5. The molecule has 0 saturated carbocycles. The Morgan fingerprint density at radius 3 is 2.12 bits per heavy atom. The first-order valence-electron chi connectivity index (χ1n) is 5.39. The molecular weight excluding hydrogens is 200 g/mol. The van der Waals surface area contributed by atoms with Crippen molar-refractivity contribution in [3.05, 3.63) is 36.4 Å². The number of ether oxygens (including phenoxy) is 2. The van der Waals surface area contributed by atoms with E-state index in [0.29, 0.717) is 0 Å². The van der Waals surface area contributed by atoms with E-state index in [0.717, 1.165) is 11.3 Å². The van der Waals surface area contributed by atoms with Gasteiger partial charge in [-0.3, -0.25) is 0 Å². The maximum atomic E-state index is 5.77. The third-order valence-corrected chi connectivity index (χ3v) is 2.28. The highest BCUT2D eigenvalue weighted by atomic mass is 16.7. The van der Waals surface area contributed by atoms with Gasteiger partial charge in [0, 0.05) is 12.5 Å². The average molecular weight is 220 g/mol. The first-order valence-corrected chi connectivity index (χ1v) is 5.39. The molecule has 0 spiro atoms. The molecule has 1 rings (SSSR count). The third-order valence-electron chi connectivity index (χ3n) is 2.28. The summed E-state index contributed by atoms with van der Waals surface area (Å²) >= 11 is 0. The molecule has 2 nitrogen and oxygen atoms in total. The predicted molar refractivity (Wildman–Crippen MR) is 67.4 cm³/mol. The summed E-state index contributed by atoms with van der Waals surface area (Å²) in [5, 5.41) is 0. The van der Waals surface area contributed by atoms with Gasteiger partial charge in [0.2, 0.25) is 6.29 Å². The zero-order valence-electron chi connectivity index (χ0n) is 10.5. The van der Waals surface area contributed by atoms with Crippen LogP contribution in [0.15, 0.2) is 30.8 Å². The maximum Gasteiger partial charge on any atom is 0.204 e. The number of benzene rings is 1. The minimum absolute atomic E-state index is 0.0497. The van der Waals surface area contributed by atoms with Gasteiger partial charge in [-0.2, -0.15) is 0 Å². The van der Waals surface area contributed by atoms with Crippen molar-refractivity contribution in [2.75, 3.05) is 7.11 Å². The largest absolute Gasteiger partial charge is 0.464 e. The molecule has 0 saturated heterocycles. The molecule has 0 bridgehead atoms. The van der Waals surface area contributed by atoms with Gasteiger partial charge in [-0.25, -0.2) is 0 Å². The van der Waals surface area contributed by atoms with Gasteiger partial charge < -0.3 is 9.47 Å².